The Labute approximate surface area is 120 Å². The van der Waals surface area contributed by atoms with E-state index in [9.17, 15) is 14.5 Å². The van der Waals surface area contributed by atoms with Crippen LogP contribution in [0.25, 0.3) is 0 Å². The van der Waals surface area contributed by atoms with E-state index in [-0.39, 0.29) is 19.5 Å². The molecule has 0 aliphatic carbocycles. The minimum Gasteiger partial charge on any atom is -0.480 e. The molecule has 0 bridgehead atoms. The predicted octanol–water partition coefficient (Wildman–Crippen LogP) is 1.72. The Morgan fingerprint density at radius 2 is 1.85 bits per heavy atom. The summed E-state index contributed by atoms with van der Waals surface area (Å²) in [5.74, 6) is -0.941. The molecule has 0 radical (unpaired) electrons. The smallest absolute Gasteiger partial charge is 0.344 e. The van der Waals surface area contributed by atoms with Crippen molar-refractivity contribution in [1.82, 2.24) is 4.90 Å². The summed E-state index contributed by atoms with van der Waals surface area (Å²) in [5, 5.41) is 9.26. The maximum atomic E-state index is 12.4. The van der Waals surface area contributed by atoms with Gasteiger partial charge in [0.1, 0.15) is 12.3 Å². The maximum Gasteiger partial charge on any atom is 0.344 e. The first kappa shape index (κ1) is 19.5. The number of rotatable bonds is 12. The van der Waals surface area contributed by atoms with Crippen LogP contribution in [-0.2, 0) is 18.4 Å². The van der Waals surface area contributed by atoms with Gasteiger partial charge in [0.25, 0.3) is 0 Å². The van der Waals surface area contributed by atoms with E-state index < -0.39 is 19.6 Å². The number of carboxylic acid groups (broad SMARTS) is 1. The first-order chi connectivity index (χ1) is 9.40. The van der Waals surface area contributed by atoms with Gasteiger partial charge >= 0.3 is 13.6 Å². The summed E-state index contributed by atoms with van der Waals surface area (Å²) >= 11 is 0. The van der Waals surface area contributed by atoms with Gasteiger partial charge in [-0.25, -0.2) is 0 Å². The van der Waals surface area contributed by atoms with E-state index in [0.29, 0.717) is 19.4 Å². The molecule has 120 valence electrons. The van der Waals surface area contributed by atoms with Crippen LogP contribution in [0.4, 0.5) is 0 Å². The molecule has 0 aromatic heterocycles. The van der Waals surface area contributed by atoms with Crippen LogP contribution in [0.5, 0.6) is 0 Å². The van der Waals surface area contributed by atoms with Crippen molar-refractivity contribution in [1.29, 1.82) is 0 Å². The molecule has 0 amide bonds. The fraction of sp³-hybridized carbons (Fsp3) is 0.917. The van der Waals surface area contributed by atoms with E-state index in [1.54, 1.807) is 20.9 Å². The minimum atomic E-state index is -3.27. The van der Waals surface area contributed by atoms with Crippen molar-refractivity contribution in [2.24, 2.45) is 5.73 Å². The molecule has 0 unspecified atom stereocenters. The lowest BCUT2D eigenvalue weighted by molar-refractivity contribution is -0.142. The summed E-state index contributed by atoms with van der Waals surface area (Å²) in [4.78, 5) is 12.8. The molecule has 0 spiro atoms. The van der Waals surface area contributed by atoms with E-state index in [1.165, 1.54) is 4.90 Å². The summed E-state index contributed by atoms with van der Waals surface area (Å²) in [5.41, 5.74) is 5.40. The number of nitrogens with zero attached hydrogens (tertiary/aromatic N) is 1. The van der Waals surface area contributed by atoms with Crippen LogP contribution in [0.3, 0.4) is 0 Å². The van der Waals surface area contributed by atoms with E-state index in [1.807, 2.05) is 0 Å². The normalized spacial score (nSPS) is 13.7. The highest BCUT2D eigenvalue weighted by Gasteiger charge is 2.31. The van der Waals surface area contributed by atoms with Crippen molar-refractivity contribution in [3.63, 3.8) is 0 Å². The zero-order valence-corrected chi connectivity index (χ0v) is 13.5. The lowest BCUT2D eigenvalue weighted by Crippen LogP contribution is -2.39. The zero-order valence-electron chi connectivity index (χ0n) is 12.6. The van der Waals surface area contributed by atoms with Crippen LogP contribution < -0.4 is 5.73 Å². The van der Waals surface area contributed by atoms with Crippen molar-refractivity contribution < 1.29 is 23.5 Å². The van der Waals surface area contributed by atoms with Crippen molar-refractivity contribution >= 4 is 13.6 Å². The van der Waals surface area contributed by atoms with Gasteiger partial charge < -0.3 is 19.9 Å². The van der Waals surface area contributed by atoms with Crippen molar-refractivity contribution in [2.75, 3.05) is 33.1 Å². The summed E-state index contributed by atoms with van der Waals surface area (Å²) in [6.45, 7) is 4.50. The van der Waals surface area contributed by atoms with Crippen LogP contribution in [0.15, 0.2) is 0 Å². The predicted molar refractivity (Wildman–Crippen MR) is 77.8 cm³/mol. The van der Waals surface area contributed by atoms with Gasteiger partial charge in [0, 0.05) is 0 Å². The number of aliphatic carboxylic acids is 1. The molecule has 0 aromatic rings. The van der Waals surface area contributed by atoms with Gasteiger partial charge in [-0.2, -0.15) is 0 Å². The first-order valence-electron chi connectivity index (χ1n) is 6.91. The summed E-state index contributed by atoms with van der Waals surface area (Å²) in [7, 11) is -1.65. The second-order valence-electron chi connectivity index (χ2n) is 4.48. The Bertz CT molecular complexity index is 317. The van der Waals surface area contributed by atoms with E-state index in [0.717, 1.165) is 6.42 Å². The van der Waals surface area contributed by atoms with Crippen LogP contribution in [0.2, 0.25) is 0 Å². The van der Waals surface area contributed by atoms with Crippen molar-refractivity contribution in [2.45, 2.75) is 39.2 Å². The van der Waals surface area contributed by atoms with Gasteiger partial charge in [-0.1, -0.05) is 6.42 Å². The molecule has 0 rings (SSSR count). The lowest BCUT2D eigenvalue weighted by Gasteiger charge is -2.28. The number of hydrogen-bond donors (Lipinski definition) is 2. The van der Waals surface area contributed by atoms with E-state index >= 15 is 0 Å². The molecule has 0 fully saturated rings. The molecule has 3 N–H and O–H groups in total. The maximum absolute atomic E-state index is 12.4. The first-order valence-corrected chi connectivity index (χ1v) is 8.64. The fourth-order valence-corrected chi connectivity index (χ4v) is 3.67. The Balaban J connectivity index is 4.66. The molecule has 0 heterocycles. The van der Waals surface area contributed by atoms with E-state index in [4.69, 9.17) is 14.8 Å². The molecule has 7 nitrogen and oxygen atoms in total. The minimum absolute atomic E-state index is 0.0335. The fourth-order valence-electron chi connectivity index (χ4n) is 1.90. The molecule has 0 aliphatic heterocycles. The zero-order chi connectivity index (χ0) is 15.6. The van der Waals surface area contributed by atoms with Crippen LogP contribution in [0.1, 0.15) is 33.1 Å². The largest absolute Gasteiger partial charge is 0.480 e. The topological polar surface area (TPSA) is 102 Å². The van der Waals surface area contributed by atoms with Gasteiger partial charge in [0.2, 0.25) is 0 Å². The molecule has 0 aromatic carbocycles. The third kappa shape index (κ3) is 7.36. The Morgan fingerprint density at radius 3 is 2.25 bits per heavy atom. The standard InChI is InChI=1S/C12H27N2O5P/c1-4-18-20(17,19-5-2)10-14(3)11(12(15)16)8-6-7-9-13/h11H,4-10,13H2,1-3H3,(H,15,16)/t11-/m0/s1. The lowest BCUT2D eigenvalue weighted by atomic mass is 10.1. The number of carbonyl (C=O) groups is 1. The third-order valence-electron chi connectivity index (χ3n) is 2.80. The second-order valence-corrected chi connectivity index (χ2v) is 6.50. The quantitative estimate of drug-likeness (QED) is 0.418. The number of carboxylic acids is 1. The number of nitrogens with two attached hydrogens (primary N) is 1. The highest BCUT2D eigenvalue weighted by Crippen LogP contribution is 2.48. The monoisotopic (exact) mass is 310 g/mol. The average Bonchev–Trinajstić information content (AvgIpc) is 2.34. The van der Waals surface area contributed by atoms with Crippen molar-refractivity contribution in [3.05, 3.63) is 0 Å². The van der Waals surface area contributed by atoms with Gasteiger partial charge in [-0.05, 0) is 40.3 Å². The van der Waals surface area contributed by atoms with Crippen molar-refractivity contribution in [3.8, 4) is 0 Å². The van der Waals surface area contributed by atoms with E-state index in [2.05, 4.69) is 0 Å². The molecule has 0 saturated carbocycles. The molecule has 8 heteroatoms. The Kier molecular flexibility index (Phi) is 10.1. The molecule has 1 atom stereocenters. The van der Waals surface area contributed by atoms with Gasteiger partial charge in [-0.3, -0.25) is 14.3 Å². The molecule has 20 heavy (non-hydrogen) atoms. The van der Waals surface area contributed by atoms with Gasteiger partial charge in [-0.15, -0.1) is 0 Å². The molecule has 0 aliphatic rings. The number of likely N-dealkylation sites (N-methyl/N-ethyl adjacent to an activating group) is 1. The Hall–Kier alpha value is -0.460. The third-order valence-corrected chi connectivity index (χ3v) is 4.89. The average molecular weight is 310 g/mol. The van der Waals surface area contributed by atoms with Crippen LogP contribution in [0, 0.1) is 0 Å². The molecule has 0 saturated heterocycles. The highest BCUT2D eigenvalue weighted by molar-refractivity contribution is 7.53. The molecular formula is C12H27N2O5P. The van der Waals surface area contributed by atoms with Gasteiger partial charge in [0.05, 0.1) is 13.2 Å². The molecular weight excluding hydrogens is 283 g/mol. The summed E-state index contributed by atoms with van der Waals surface area (Å²) in [6.07, 6.45) is 1.91. The Morgan fingerprint density at radius 1 is 1.30 bits per heavy atom. The second kappa shape index (κ2) is 10.3. The van der Waals surface area contributed by atoms with Crippen LogP contribution >= 0.6 is 7.60 Å². The van der Waals surface area contributed by atoms with Crippen LogP contribution in [-0.4, -0.2) is 55.1 Å². The highest BCUT2D eigenvalue weighted by atomic mass is 31.2. The number of hydrogen-bond acceptors (Lipinski definition) is 6. The summed E-state index contributed by atoms with van der Waals surface area (Å²) in [6, 6.07) is -0.712. The SMILES string of the molecule is CCOP(=O)(CN(C)[C@@H](CCCCN)C(=O)O)OCC. The van der Waals surface area contributed by atoms with Gasteiger partial charge in [0.15, 0.2) is 0 Å². The number of unbranched alkanes of at least 4 members (excludes halogenated alkanes) is 1. The summed E-state index contributed by atoms with van der Waals surface area (Å²) < 4.78 is 22.7.